The molecule has 1 unspecified atom stereocenters. The van der Waals surface area contributed by atoms with Crippen LogP contribution < -0.4 is 5.32 Å². The standard InChI is InChI=1S/C20H20FN3/c1-13-10-19(15(3)22-11-13)17-6-9-20(23-12-17)24-14(2)16-4-7-18(21)8-5-16/h4-12,14H,1-3H3,(H,23,24). The molecule has 0 fully saturated rings. The van der Waals surface area contributed by atoms with E-state index in [9.17, 15) is 4.39 Å². The van der Waals surface area contributed by atoms with Crippen molar-refractivity contribution in [3.05, 3.63) is 77.5 Å². The first kappa shape index (κ1) is 16.1. The number of rotatable bonds is 4. The first-order valence-corrected chi connectivity index (χ1v) is 7.94. The molecule has 0 radical (unpaired) electrons. The van der Waals surface area contributed by atoms with Crippen molar-refractivity contribution in [2.45, 2.75) is 26.8 Å². The topological polar surface area (TPSA) is 37.8 Å². The van der Waals surface area contributed by atoms with Crippen LogP contribution in [0.3, 0.4) is 0 Å². The number of hydrogen-bond acceptors (Lipinski definition) is 3. The van der Waals surface area contributed by atoms with Crippen LogP contribution in [-0.2, 0) is 0 Å². The number of aromatic nitrogens is 2. The maximum atomic E-state index is 13.0. The third kappa shape index (κ3) is 3.59. The highest BCUT2D eigenvalue weighted by atomic mass is 19.1. The zero-order chi connectivity index (χ0) is 17.1. The average Bonchev–Trinajstić information content (AvgIpc) is 2.58. The molecule has 1 atom stereocenters. The lowest BCUT2D eigenvalue weighted by molar-refractivity contribution is 0.626. The van der Waals surface area contributed by atoms with Crippen molar-refractivity contribution in [2.75, 3.05) is 5.32 Å². The van der Waals surface area contributed by atoms with Gasteiger partial charge < -0.3 is 5.32 Å². The fourth-order valence-corrected chi connectivity index (χ4v) is 2.62. The molecule has 0 spiro atoms. The highest BCUT2D eigenvalue weighted by molar-refractivity contribution is 5.66. The second kappa shape index (κ2) is 6.79. The predicted octanol–water partition coefficient (Wildman–Crippen LogP) is 5.07. The van der Waals surface area contributed by atoms with Crippen LogP contribution in [0.15, 0.2) is 54.9 Å². The lowest BCUT2D eigenvalue weighted by atomic mass is 10.0. The number of pyridine rings is 2. The van der Waals surface area contributed by atoms with E-state index in [0.29, 0.717) is 0 Å². The maximum Gasteiger partial charge on any atom is 0.126 e. The van der Waals surface area contributed by atoms with E-state index < -0.39 is 0 Å². The van der Waals surface area contributed by atoms with Gasteiger partial charge in [-0.2, -0.15) is 0 Å². The van der Waals surface area contributed by atoms with Crippen LogP contribution in [0.1, 0.15) is 29.8 Å². The average molecular weight is 321 g/mol. The summed E-state index contributed by atoms with van der Waals surface area (Å²) < 4.78 is 13.0. The summed E-state index contributed by atoms with van der Waals surface area (Å²) in [7, 11) is 0. The summed E-state index contributed by atoms with van der Waals surface area (Å²) in [4.78, 5) is 8.89. The minimum absolute atomic E-state index is 0.0475. The van der Waals surface area contributed by atoms with Gasteiger partial charge in [0.15, 0.2) is 0 Å². The van der Waals surface area contributed by atoms with Crippen LogP contribution >= 0.6 is 0 Å². The van der Waals surface area contributed by atoms with Crippen molar-refractivity contribution in [1.29, 1.82) is 0 Å². The zero-order valence-electron chi connectivity index (χ0n) is 14.0. The number of nitrogens with zero attached hydrogens (tertiary/aromatic N) is 2. The molecule has 122 valence electrons. The second-order valence-electron chi connectivity index (χ2n) is 6.00. The van der Waals surface area contributed by atoms with E-state index in [0.717, 1.165) is 33.8 Å². The van der Waals surface area contributed by atoms with Crippen molar-refractivity contribution >= 4 is 5.82 Å². The molecule has 0 aliphatic heterocycles. The fraction of sp³-hybridized carbons (Fsp3) is 0.200. The van der Waals surface area contributed by atoms with Crippen LogP contribution in [0, 0.1) is 19.7 Å². The van der Waals surface area contributed by atoms with Gasteiger partial charge >= 0.3 is 0 Å². The summed E-state index contributed by atoms with van der Waals surface area (Å²) in [6.07, 6.45) is 3.72. The van der Waals surface area contributed by atoms with Crippen LogP contribution in [0.5, 0.6) is 0 Å². The molecular formula is C20H20FN3. The first-order chi connectivity index (χ1) is 11.5. The molecule has 4 heteroatoms. The third-order valence-electron chi connectivity index (χ3n) is 4.03. The SMILES string of the molecule is Cc1cnc(C)c(-c2ccc(NC(C)c3ccc(F)cc3)nc2)c1. The Hall–Kier alpha value is -2.75. The molecule has 1 aromatic carbocycles. The molecule has 3 rings (SSSR count). The molecule has 0 bridgehead atoms. The van der Waals surface area contributed by atoms with Gasteiger partial charge in [0.25, 0.3) is 0 Å². The Bertz CT molecular complexity index is 827. The number of hydrogen-bond donors (Lipinski definition) is 1. The Morgan fingerprint density at radius 1 is 0.958 bits per heavy atom. The largest absolute Gasteiger partial charge is 0.364 e. The van der Waals surface area contributed by atoms with E-state index in [1.165, 1.54) is 12.1 Å². The van der Waals surface area contributed by atoms with Gasteiger partial charge in [-0.25, -0.2) is 9.37 Å². The molecule has 0 aliphatic rings. The third-order valence-corrected chi connectivity index (χ3v) is 4.03. The van der Waals surface area contributed by atoms with Gasteiger partial charge in [-0.3, -0.25) is 4.98 Å². The van der Waals surface area contributed by atoms with Gasteiger partial charge in [-0.1, -0.05) is 12.1 Å². The molecule has 24 heavy (non-hydrogen) atoms. The molecule has 2 heterocycles. The minimum Gasteiger partial charge on any atom is -0.364 e. The smallest absolute Gasteiger partial charge is 0.126 e. The number of aryl methyl sites for hydroxylation is 2. The molecule has 0 aliphatic carbocycles. The summed E-state index contributed by atoms with van der Waals surface area (Å²) >= 11 is 0. The second-order valence-corrected chi connectivity index (χ2v) is 6.00. The van der Waals surface area contributed by atoms with Gasteiger partial charge in [-0.05, 0) is 62.2 Å². The molecule has 3 nitrogen and oxygen atoms in total. The molecule has 0 amide bonds. The Morgan fingerprint density at radius 2 is 1.71 bits per heavy atom. The van der Waals surface area contributed by atoms with Crippen molar-refractivity contribution < 1.29 is 4.39 Å². The number of halogens is 1. The van der Waals surface area contributed by atoms with E-state index in [1.807, 2.05) is 45.3 Å². The lowest BCUT2D eigenvalue weighted by Crippen LogP contribution is -2.07. The summed E-state index contributed by atoms with van der Waals surface area (Å²) in [6.45, 7) is 6.05. The zero-order valence-corrected chi connectivity index (χ0v) is 14.0. The molecule has 0 saturated heterocycles. The summed E-state index contributed by atoms with van der Waals surface area (Å²) in [5.41, 5.74) is 5.27. The van der Waals surface area contributed by atoms with E-state index in [2.05, 4.69) is 21.4 Å². The Kier molecular flexibility index (Phi) is 4.56. The number of benzene rings is 1. The number of anilines is 1. The summed E-state index contributed by atoms with van der Waals surface area (Å²) in [5, 5.41) is 3.33. The van der Waals surface area contributed by atoms with E-state index in [-0.39, 0.29) is 11.9 Å². The Morgan fingerprint density at radius 3 is 2.38 bits per heavy atom. The molecule has 2 aromatic heterocycles. The van der Waals surface area contributed by atoms with E-state index in [1.54, 1.807) is 12.1 Å². The van der Waals surface area contributed by atoms with Gasteiger partial charge in [0.2, 0.25) is 0 Å². The minimum atomic E-state index is -0.226. The highest BCUT2D eigenvalue weighted by Crippen LogP contribution is 2.24. The van der Waals surface area contributed by atoms with Gasteiger partial charge in [-0.15, -0.1) is 0 Å². The number of nitrogens with one attached hydrogen (secondary N) is 1. The van der Waals surface area contributed by atoms with Crippen LogP contribution in [-0.4, -0.2) is 9.97 Å². The first-order valence-electron chi connectivity index (χ1n) is 7.94. The van der Waals surface area contributed by atoms with Gasteiger partial charge in [0.1, 0.15) is 11.6 Å². The predicted molar refractivity (Wildman–Crippen MR) is 95.4 cm³/mol. The van der Waals surface area contributed by atoms with Crippen molar-refractivity contribution in [1.82, 2.24) is 9.97 Å². The van der Waals surface area contributed by atoms with Crippen LogP contribution in [0.4, 0.5) is 10.2 Å². The van der Waals surface area contributed by atoms with Crippen molar-refractivity contribution in [2.24, 2.45) is 0 Å². The van der Waals surface area contributed by atoms with Crippen molar-refractivity contribution in [3.8, 4) is 11.1 Å². The maximum absolute atomic E-state index is 13.0. The van der Waals surface area contributed by atoms with E-state index in [4.69, 9.17) is 0 Å². The Labute approximate surface area is 141 Å². The van der Waals surface area contributed by atoms with Gasteiger partial charge in [0.05, 0.1) is 0 Å². The summed E-state index contributed by atoms with van der Waals surface area (Å²) in [5.74, 6) is 0.560. The molecule has 3 aromatic rings. The Balaban J connectivity index is 1.77. The molecule has 1 N–H and O–H groups in total. The van der Waals surface area contributed by atoms with Crippen LogP contribution in [0.2, 0.25) is 0 Å². The lowest BCUT2D eigenvalue weighted by Gasteiger charge is -2.15. The molecular weight excluding hydrogens is 301 g/mol. The van der Waals surface area contributed by atoms with Crippen LogP contribution in [0.25, 0.3) is 11.1 Å². The van der Waals surface area contributed by atoms with Crippen molar-refractivity contribution in [3.63, 3.8) is 0 Å². The highest BCUT2D eigenvalue weighted by Gasteiger charge is 2.08. The molecule has 0 saturated carbocycles. The fourth-order valence-electron chi connectivity index (χ4n) is 2.62. The van der Waals surface area contributed by atoms with Gasteiger partial charge in [0, 0.05) is 35.3 Å². The monoisotopic (exact) mass is 321 g/mol. The normalized spacial score (nSPS) is 12.0. The quantitative estimate of drug-likeness (QED) is 0.729. The van der Waals surface area contributed by atoms with E-state index >= 15 is 0 Å². The summed E-state index contributed by atoms with van der Waals surface area (Å²) in [6, 6.07) is 12.7.